The molecule has 1 heterocycles. The summed E-state index contributed by atoms with van der Waals surface area (Å²) in [6.45, 7) is -1.38. The highest BCUT2D eigenvalue weighted by molar-refractivity contribution is 5.92. The molecule has 0 spiro atoms. The van der Waals surface area contributed by atoms with Crippen molar-refractivity contribution in [3.63, 3.8) is 0 Å². The van der Waals surface area contributed by atoms with Crippen molar-refractivity contribution in [2.24, 2.45) is 0 Å². The molecular weight excluding hydrogens is 668 g/mol. The average molecular weight is 701 g/mol. The first-order valence-corrected chi connectivity index (χ1v) is 16.3. The van der Waals surface area contributed by atoms with E-state index in [4.69, 9.17) is 28.4 Å². The van der Waals surface area contributed by atoms with Gasteiger partial charge in [-0.15, -0.1) is 0 Å². The molecule has 0 N–H and O–H groups in total. The fourth-order valence-corrected chi connectivity index (χ4v) is 5.44. The van der Waals surface area contributed by atoms with Gasteiger partial charge < -0.3 is 28.4 Å². The minimum absolute atomic E-state index is 0.0878. The molecule has 1 aliphatic rings. The highest BCUT2D eigenvalue weighted by atomic mass is 16.8. The Morgan fingerprint density at radius 1 is 0.462 bits per heavy atom. The SMILES string of the molecule is O=C(OC[C@H]1OC(COC(=O)c2ccccc2)(OC(=O)c2ccccc2)[C@@H](OC(=O)c2ccccc2)[C@@H]1OC(=O)c1ccccc1)c1ccccc1. The smallest absolute Gasteiger partial charge is 0.340 e. The van der Waals surface area contributed by atoms with E-state index in [0.717, 1.165) is 0 Å². The van der Waals surface area contributed by atoms with Gasteiger partial charge in [0.05, 0.1) is 27.8 Å². The van der Waals surface area contributed by atoms with Gasteiger partial charge in [-0.3, -0.25) is 0 Å². The third kappa shape index (κ3) is 8.40. The fraction of sp³-hybridized carbons (Fsp3) is 0.146. The number of carbonyl (C=O) groups is 5. The van der Waals surface area contributed by atoms with Crippen LogP contribution in [-0.2, 0) is 28.4 Å². The first kappa shape index (κ1) is 35.2. The van der Waals surface area contributed by atoms with E-state index in [2.05, 4.69) is 0 Å². The van der Waals surface area contributed by atoms with Crippen molar-refractivity contribution in [3.05, 3.63) is 179 Å². The monoisotopic (exact) mass is 700 g/mol. The van der Waals surface area contributed by atoms with Gasteiger partial charge >= 0.3 is 29.8 Å². The molecule has 1 unspecified atom stereocenters. The predicted molar refractivity (Wildman–Crippen MR) is 184 cm³/mol. The number of hydrogen-bond acceptors (Lipinski definition) is 11. The largest absolute Gasteiger partial charge is 0.459 e. The molecule has 262 valence electrons. The summed E-state index contributed by atoms with van der Waals surface area (Å²) in [5, 5.41) is 0. The molecule has 0 radical (unpaired) electrons. The van der Waals surface area contributed by atoms with E-state index >= 15 is 0 Å². The van der Waals surface area contributed by atoms with E-state index in [0.29, 0.717) is 0 Å². The molecule has 6 rings (SSSR count). The number of ether oxygens (including phenoxy) is 6. The van der Waals surface area contributed by atoms with Crippen molar-refractivity contribution in [3.8, 4) is 0 Å². The summed E-state index contributed by atoms with van der Waals surface area (Å²) in [5.74, 6) is -6.65. The van der Waals surface area contributed by atoms with Gasteiger partial charge in [-0.05, 0) is 60.7 Å². The lowest BCUT2D eigenvalue weighted by Crippen LogP contribution is -2.53. The molecule has 0 amide bonds. The number of rotatable bonds is 12. The molecule has 11 heteroatoms. The van der Waals surface area contributed by atoms with Crippen molar-refractivity contribution in [1.29, 1.82) is 0 Å². The highest BCUT2D eigenvalue weighted by Gasteiger charge is 2.64. The van der Waals surface area contributed by atoms with Crippen LogP contribution in [0.5, 0.6) is 0 Å². The molecule has 1 saturated heterocycles. The minimum Gasteiger partial charge on any atom is -0.459 e. The fourth-order valence-electron chi connectivity index (χ4n) is 5.44. The number of esters is 5. The molecule has 0 aliphatic carbocycles. The van der Waals surface area contributed by atoms with Crippen LogP contribution in [0.3, 0.4) is 0 Å². The van der Waals surface area contributed by atoms with E-state index in [9.17, 15) is 24.0 Å². The van der Waals surface area contributed by atoms with Gasteiger partial charge in [0.2, 0.25) is 6.10 Å². The van der Waals surface area contributed by atoms with Crippen molar-refractivity contribution in [2.75, 3.05) is 13.2 Å². The maximum atomic E-state index is 13.8. The van der Waals surface area contributed by atoms with Crippen LogP contribution in [0, 0.1) is 0 Å². The van der Waals surface area contributed by atoms with E-state index in [-0.39, 0.29) is 27.8 Å². The van der Waals surface area contributed by atoms with Crippen molar-refractivity contribution < 1.29 is 52.4 Å². The molecule has 5 aromatic rings. The van der Waals surface area contributed by atoms with Crippen molar-refractivity contribution in [2.45, 2.75) is 24.1 Å². The second-order valence-electron chi connectivity index (χ2n) is 11.6. The highest BCUT2D eigenvalue weighted by Crippen LogP contribution is 2.39. The van der Waals surface area contributed by atoms with Gasteiger partial charge in [0.15, 0.2) is 12.7 Å². The van der Waals surface area contributed by atoms with Crippen LogP contribution in [0.15, 0.2) is 152 Å². The molecule has 5 aromatic carbocycles. The van der Waals surface area contributed by atoms with E-state index in [1.54, 1.807) is 103 Å². The van der Waals surface area contributed by atoms with Gasteiger partial charge in [0.25, 0.3) is 5.79 Å². The lowest BCUT2D eigenvalue weighted by molar-refractivity contribution is -0.246. The Morgan fingerprint density at radius 2 is 0.827 bits per heavy atom. The van der Waals surface area contributed by atoms with Gasteiger partial charge in [0, 0.05) is 0 Å². The lowest BCUT2D eigenvalue weighted by atomic mass is 10.0. The molecule has 4 atom stereocenters. The summed E-state index contributed by atoms with van der Waals surface area (Å²) in [4.78, 5) is 67.4. The van der Waals surface area contributed by atoms with Crippen molar-refractivity contribution in [1.82, 2.24) is 0 Å². The summed E-state index contributed by atoms with van der Waals surface area (Å²) in [7, 11) is 0. The van der Waals surface area contributed by atoms with Crippen LogP contribution in [-0.4, -0.2) is 67.2 Å². The van der Waals surface area contributed by atoms with Crippen LogP contribution in [0.1, 0.15) is 51.8 Å². The molecule has 0 saturated carbocycles. The first-order valence-electron chi connectivity index (χ1n) is 16.3. The second-order valence-corrected chi connectivity index (χ2v) is 11.6. The summed E-state index contributed by atoms with van der Waals surface area (Å²) in [6.07, 6.45) is -4.74. The van der Waals surface area contributed by atoms with E-state index in [1.165, 1.54) is 48.5 Å². The number of carbonyl (C=O) groups excluding carboxylic acids is 5. The minimum atomic E-state index is -2.42. The molecule has 0 aromatic heterocycles. The summed E-state index contributed by atoms with van der Waals surface area (Å²) < 4.78 is 35.6. The third-order valence-corrected chi connectivity index (χ3v) is 8.02. The quantitative estimate of drug-likeness (QED) is 0.110. The Balaban J connectivity index is 1.42. The van der Waals surface area contributed by atoms with Crippen LogP contribution in [0.4, 0.5) is 0 Å². The van der Waals surface area contributed by atoms with Crippen LogP contribution in [0.25, 0.3) is 0 Å². The van der Waals surface area contributed by atoms with Gasteiger partial charge in [-0.25, -0.2) is 24.0 Å². The Kier molecular flexibility index (Phi) is 11.1. The molecule has 1 aliphatic heterocycles. The summed E-state index contributed by atoms with van der Waals surface area (Å²) >= 11 is 0. The second kappa shape index (κ2) is 16.4. The maximum absolute atomic E-state index is 13.8. The molecule has 0 bridgehead atoms. The Hall–Kier alpha value is -6.59. The lowest BCUT2D eigenvalue weighted by Gasteiger charge is -2.33. The van der Waals surface area contributed by atoms with Gasteiger partial charge in [-0.2, -0.15) is 0 Å². The Bertz CT molecular complexity index is 1990. The standard InChI is InChI=1S/C41H32O11/c42-36(28-16-6-1-7-17-28)47-26-33-34(49-38(44)30-20-10-3-11-21-30)35(50-39(45)31-22-12-4-13-23-31)41(51-33,52-40(46)32-24-14-5-15-25-32)27-48-37(43)29-18-8-2-9-19-29/h1-25,33-35H,26-27H2/t33-,34-,35+,41?/m1/s1. The maximum Gasteiger partial charge on any atom is 0.340 e. The third-order valence-electron chi connectivity index (χ3n) is 8.02. The topological polar surface area (TPSA) is 141 Å². The molecule has 11 nitrogen and oxygen atoms in total. The van der Waals surface area contributed by atoms with E-state index in [1.807, 2.05) is 0 Å². The van der Waals surface area contributed by atoms with Gasteiger partial charge in [0.1, 0.15) is 12.7 Å². The summed E-state index contributed by atoms with van der Waals surface area (Å²) in [5.41, 5.74) is 0.737. The Morgan fingerprint density at radius 3 is 1.27 bits per heavy atom. The molecular formula is C41H32O11. The predicted octanol–water partition coefficient (Wildman–Crippen LogP) is 6.10. The summed E-state index contributed by atoms with van der Waals surface area (Å²) in [6, 6.07) is 39.9. The first-order chi connectivity index (χ1) is 25.3. The van der Waals surface area contributed by atoms with Crippen molar-refractivity contribution >= 4 is 29.8 Å². The van der Waals surface area contributed by atoms with E-state index < -0.39 is 67.2 Å². The normalized spacial score (nSPS) is 19.1. The van der Waals surface area contributed by atoms with Crippen LogP contribution in [0.2, 0.25) is 0 Å². The number of hydrogen-bond donors (Lipinski definition) is 0. The van der Waals surface area contributed by atoms with Gasteiger partial charge in [-0.1, -0.05) is 91.0 Å². The number of benzene rings is 5. The molecule has 1 fully saturated rings. The zero-order valence-corrected chi connectivity index (χ0v) is 27.6. The zero-order valence-electron chi connectivity index (χ0n) is 27.6. The van der Waals surface area contributed by atoms with Crippen LogP contribution < -0.4 is 0 Å². The zero-order chi connectivity index (χ0) is 36.3. The molecule has 52 heavy (non-hydrogen) atoms. The van der Waals surface area contributed by atoms with Crippen LogP contribution >= 0.6 is 0 Å². The Labute approximate surface area is 298 Å². The average Bonchev–Trinajstić information content (AvgIpc) is 3.47.